The Morgan fingerprint density at radius 1 is 1.33 bits per heavy atom. The maximum Gasteiger partial charge on any atom is 0.337 e. The van der Waals surface area contributed by atoms with Crippen molar-refractivity contribution in [3.63, 3.8) is 0 Å². The zero-order valence-electron chi connectivity index (χ0n) is 8.57. The average Bonchev–Trinajstić information content (AvgIpc) is 2.15. The van der Waals surface area contributed by atoms with Gasteiger partial charge in [0.1, 0.15) is 0 Å². The van der Waals surface area contributed by atoms with E-state index in [1.54, 1.807) is 37.3 Å². The van der Waals surface area contributed by atoms with Crippen molar-refractivity contribution >= 4 is 27.5 Å². The number of carbonyl (C=O) groups is 1. The van der Waals surface area contributed by atoms with Crippen LogP contribution in [0.5, 0.6) is 0 Å². The third kappa shape index (κ3) is 3.40. The summed E-state index contributed by atoms with van der Waals surface area (Å²) in [4.78, 5) is 12.7. The lowest BCUT2D eigenvalue weighted by molar-refractivity contribution is -0.130. The van der Waals surface area contributed by atoms with Crippen LogP contribution >= 0.6 is 15.9 Å². The van der Waals surface area contributed by atoms with E-state index in [-0.39, 0.29) is 5.57 Å². The van der Waals surface area contributed by atoms with Crippen molar-refractivity contribution in [3.8, 4) is 0 Å². The van der Waals surface area contributed by atoms with Crippen molar-refractivity contribution in [2.75, 3.05) is 14.1 Å². The molecule has 1 N–H and O–H groups in total. The van der Waals surface area contributed by atoms with E-state index in [0.29, 0.717) is 5.56 Å². The van der Waals surface area contributed by atoms with E-state index in [9.17, 15) is 4.79 Å². The Bertz CT molecular complexity index is 382. The second-order valence-electron chi connectivity index (χ2n) is 3.32. The summed E-state index contributed by atoms with van der Waals surface area (Å²) in [6.07, 6.45) is 1.59. The molecular formula is C11H12BrNO2. The Hall–Kier alpha value is -1.29. The summed E-state index contributed by atoms with van der Waals surface area (Å²) >= 11 is 3.31. The molecule has 80 valence electrons. The van der Waals surface area contributed by atoms with Crippen molar-refractivity contribution in [1.29, 1.82) is 0 Å². The van der Waals surface area contributed by atoms with Crippen LogP contribution in [0.15, 0.2) is 34.9 Å². The van der Waals surface area contributed by atoms with Crippen molar-refractivity contribution in [3.05, 3.63) is 40.5 Å². The highest BCUT2D eigenvalue weighted by atomic mass is 79.9. The molecule has 0 radical (unpaired) electrons. The smallest absolute Gasteiger partial charge is 0.337 e. The minimum absolute atomic E-state index is 0.285. The van der Waals surface area contributed by atoms with Crippen LogP contribution in [-0.4, -0.2) is 30.1 Å². The fourth-order valence-electron chi connectivity index (χ4n) is 1.14. The van der Waals surface area contributed by atoms with E-state index in [0.717, 1.165) is 4.47 Å². The number of carboxylic acids is 1. The Labute approximate surface area is 97.1 Å². The molecule has 3 nitrogen and oxygen atoms in total. The van der Waals surface area contributed by atoms with Crippen molar-refractivity contribution < 1.29 is 9.90 Å². The molecule has 0 unspecified atom stereocenters. The topological polar surface area (TPSA) is 40.5 Å². The van der Waals surface area contributed by atoms with Crippen molar-refractivity contribution in [2.45, 2.75) is 0 Å². The van der Waals surface area contributed by atoms with Gasteiger partial charge in [0.15, 0.2) is 0 Å². The van der Waals surface area contributed by atoms with Crippen LogP contribution in [0, 0.1) is 0 Å². The minimum Gasteiger partial charge on any atom is -0.478 e. The first-order chi connectivity index (χ1) is 7.00. The SMILES string of the molecule is CN(C)/C=C(\C(=O)O)c1ccc(Br)cc1. The van der Waals surface area contributed by atoms with Gasteiger partial charge in [0.2, 0.25) is 0 Å². The van der Waals surface area contributed by atoms with E-state index in [4.69, 9.17) is 5.11 Å². The Balaban J connectivity index is 3.11. The summed E-state index contributed by atoms with van der Waals surface area (Å²) in [7, 11) is 3.59. The molecule has 0 amide bonds. The van der Waals surface area contributed by atoms with Crippen LogP contribution in [0.1, 0.15) is 5.56 Å². The molecule has 0 saturated carbocycles. The van der Waals surface area contributed by atoms with E-state index >= 15 is 0 Å². The van der Waals surface area contributed by atoms with Crippen LogP contribution in [0.25, 0.3) is 5.57 Å². The lowest BCUT2D eigenvalue weighted by Gasteiger charge is -2.08. The summed E-state index contributed by atoms with van der Waals surface area (Å²) in [5.74, 6) is -0.925. The predicted octanol–water partition coefficient (Wildman–Crippen LogP) is 2.44. The van der Waals surface area contributed by atoms with Gasteiger partial charge in [0.25, 0.3) is 0 Å². The van der Waals surface area contributed by atoms with E-state index in [1.165, 1.54) is 0 Å². The molecule has 0 saturated heterocycles. The normalized spacial score (nSPS) is 11.3. The highest BCUT2D eigenvalue weighted by Gasteiger charge is 2.10. The Kier molecular flexibility index (Phi) is 3.91. The maximum absolute atomic E-state index is 11.0. The number of rotatable bonds is 3. The number of carboxylic acid groups (broad SMARTS) is 1. The lowest BCUT2D eigenvalue weighted by atomic mass is 10.1. The molecule has 0 spiro atoms. The molecule has 0 aliphatic heterocycles. The predicted molar refractivity (Wildman–Crippen MR) is 63.4 cm³/mol. The molecule has 0 fully saturated rings. The molecule has 1 rings (SSSR count). The Morgan fingerprint density at radius 2 is 1.87 bits per heavy atom. The van der Waals surface area contributed by atoms with Gasteiger partial charge in [0, 0.05) is 24.8 Å². The molecule has 1 aromatic carbocycles. The van der Waals surface area contributed by atoms with Crippen molar-refractivity contribution in [1.82, 2.24) is 4.90 Å². The molecule has 0 heterocycles. The fourth-order valence-corrected chi connectivity index (χ4v) is 1.41. The molecule has 4 heteroatoms. The molecular weight excluding hydrogens is 258 g/mol. The van der Waals surface area contributed by atoms with Gasteiger partial charge >= 0.3 is 5.97 Å². The van der Waals surface area contributed by atoms with Crippen LogP contribution < -0.4 is 0 Å². The molecule has 0 aliphatic rings. The number of halogens is 1. The summed E-state index contributed by atoms with van der Waals surface area (Å²) < 4.78 is 0.931. The number of hydrogen-bond donors (Lipinski definition) is 1. The highest BCUT2D eigenvalue weighted by Crippen LogP contribution is 2.18. The van der Waals surface area contributed by atoms with Gasteiger partial charge < -0.3 is 10.0 Å². The second kappa shape index (κ2) is 4.98. The molecule has 1 aromatic rings. The summed E-state index contributed by atoms with van der Waals surface area (Å²) in [5.41, 5.74) is 0.979. The van der Waals surface area contributed by atoms with Gasteiger partial charge in [-0.3, -0.25) is 0 Å². The van der Waals surface area contributed by atoms with Crippen LogP contribution in [-0.2, 0) is 4.79 Å². The van der Waals surface area contributed by atoms with Gasteiger partial charge in [-0.2, -0.15) is 0 Å². The molecule has 0 atom stereocenters. The van der Waals surface area contributed by atoms with Gasteiger partial charge in [-0.25, -0.2) is 4.79 Å². The molecule has 0 aromatic heterocycles. The monoisotopic (exact) mass is 269 g/mol. The first-order valence-electron chi connectivity index (χ1n) is 4.38. The largest absolute Gasteiger partial charge is 0.478 e. The molecule has 15 heavy (non-hydrogen) atoms. The zero-order chi connectivity index (χ0) is 11.4. The van der Waals surface area contributed by atoms with Crippen LogP contribution in [0.4, 0.5) is 0 Å². The third-order valence-corrected chi connectivity index (χ3v) is 2.30. The van der Waals surface area contributed by atoms with E-state index < -0.39 is 5.97 Å². The first kappa shape index (κ1) is 11.8. The summed E-state index contributed by atoms with van der Waals surface area (Å²) in [6, 6.07) is 7.19. The maximum atomic E-state index is 11.0. The number of aliphatic carboxylic acids is 1. The van der Waals surface area contributed by atoms with E-state index in [2.05, 4.69) is 15.9 Å². The fraction of sp³-hybridized carbons (Fsp3) is 0.182. The van der Waals surface area contributed by atoms with Crippen LogP contribution in [0.2, 0.25) is 0 Å². The summed E-state index contributed by atoms with van der Waals surface area (Å²) in [5, 5.41) is 9.04. The third-order valence-electron chi connectivity index (χ3n) is 1.77. The number of benzene rings is 1. The second-order valence-corrected chi connectivity index (χ2v) is 4.23. The molecule has 0 aliphatic carbocycles. The van der Waals surface area contributed by atoms with Gasteiger partial charge in [-0.1, -0.05) is 28.1 Å². The quantitative estimate of drug-likeness (QED) is 0.857. The standard InChI is InChI=1S/C11H12BrNO2/c1-13(2)7-10(11(14)15)8-3-5-9(12)6-4-8/h3-7H,1-2H3,(H,14,15)/b10-7-. The van der Waals surface area contributed by atoms with Gasteiger partial charge in [-0.15, -0.1) is 0 Å². The number of hydrogen-bond acceptors (Lipinski definition) is 2. The lowest BCUT2D eigenvalue weighted by Crippen LogP contribution is -2.08. The van der Waals surface area contributed by atoms with Gasteiger partial charge in [0.05, 0.1) is 5.57 Å². The van der Waals surface area contributed by atoms with Crippen molar-refractivity contribution in [2.24, 2.45) is 0 Å². The van der Waals surface area contributed by atoms with Gasteiger partial charge in [-0.05, 0) is 17.7 Å². The van der Waals surface area contributed by atoms with Crippen LogP contribution in [0.3, 0.4) is 0 Å². The Morgan fingerprint density at radius 3 is 2.27 bits per heavy atom. The summed E-state index contributed by atoms with van der Waals surface area (Å²) in [6.45, 7) is 0. The van der Waals surface area contributed by atoms with E-state index in [1.807, 2.05) is 12.1 Å². The average molecular weight is 270 g/mol. The number of nitrogens with zero attached hydrogens (tertiary/aromatic N) is 1. The first-order valence-corrected chi connectivity index (χ1v) is 5.17. The highest BCUT2D eigenvalue weighted by molar-refractivity contribution is 9.10. The molecule has 0 bridgehead atoms. The minimum atomic E-state index is -0.925. The zero-order valence-corrected chi connectivity index (χ0v) is 10.2.